The van der Waals surface area contributed by atoms with Crippen molar-refractivity contribution in [3.63, 3.8) is 0 Å². The lowest BCUT2D eigenvalue weighted by Crippen LogP contribution is -2.46. The Kier molecular flexibility index (Phi) is 6.10. The number of H-pyrrole nitrogens is 1. The highest BCUT2D eigenvalue weighted by Gasteiger charge is 2.39. The number of nitrogens with zero attached hydrogens (tertiary/aromatic N) is 1. The number of aromatic nitrogens is 2. The molecule has 2 heterocycles. The summed E-state index contributed by atoms with van der Waals surface area (Å²) in [5.41, 5.74) is 5.82. The Balaban J connectivity index is 0.00000225. The molecule has 1 aliphatic heterocycles. The first kappa shape index (κ1) is 19.3. The van der Waals surface area contributed by atoms with Gasteiger partial charge in [0.2, 0.25) is 5.91 Å². The minimum Gasteiger partial charge on any atom is -0.381 e. The number of amides is 1. The Hall–Kier alpha value is -2.03. The largest absolute Gasteiger partial charge is 0.381 e. The van der Waals surface area contributed by atoms with Crippen molar-refractivity contribution in [2.24, 2.45) is 11.1 Å². The fourth-order valence-electron chi connectivity index (χ4n) is 2.78. The van der Waals surface area contributed by atoms with Crippen LogP contribution in [-0.2, 0) is 9.53 Å². The molecule has 0 radical (unpaired) electrons. The molecule has 2 aromatic rings. The second-order valence-electron chi connectivity index (χ2n) is 5.88. The average molecular weight is 373 g/mol. The van der Waals surface area contributed by atoms with Crippen LogP contribution in [-0.4, -0.2) is 35.9 Å². The molecule has 1 aliphatic rings. The molecule has 9 heteroatoms. The van der Waals surface area contributed by atoms with Gasteiger partial charge in [-0.2, -0.15) is 5.10 Å². The summed E-state index contributed by atoms with van der Waals surface area (Å²) in [5.74, 6) is -1.32. The molecular formula is C16H19ClF2N4O2. The van der Waals surface area contributed by atoms with E-state index < -0.39 is 17.0 Å². The molecular weight excluding hydrogens is 354 g/mol. The van der Waals surface area contributed by atoms with E-state index in [1.165, 1.54) is 18.2 Å². The lowest BCUT2D eigenvalue weighted by atomic mass is 9.79. The topological polar surface area (TPSA) is 93.0 Å². The molecule has 1 aromatic carbocycles. The number of anilines is 1. The summed E-state index contributed by atoms with van der Waals surface area (Å²) in [4.78, 5) is 12.6. The number of halogens is 3. The first-order valence-corrected chi connectivity index (χ1v) is 7.63. The fourth-order valence-corrected chi connectivity index (χ4v) is 2.78. The van der Waals surface area contributed by atoms with Crippen molar-refractivity contribution < 1.29 is 18.3 Å². The van der Waals surface area contributed by atoms with Crippen LogP contribution in [0.3, 0.4) is 0 Å². The Morgan fingerprint density at radius 1 is 1.24 bits per heavy atom. The van der Waals surface area contributed by atoms with Gasteiger partial charge in [0.05, 0.1) is 11.1 Å². The number of carbonyl (C=O) groups is 1. The number of ether oxygens (including phenoxy) is 1. The molecule has 0 spiro atoms. The van der Waals surface area contributed by atoms with E-state index in [1.54, 1.807) is 0 Å². The Morgan fingerprint density at radius 3 is 2.48 bits per heavy atom. The third-order valence-electron chi connectivity index (χ3n) is 4.32. The van der Waals surface area contributed by atoms with Gasteiger partial charge in [-0.15, -0.1) is 12.4 Å². The SMILES string of the molecule is Cl.NCC1(C(=O)Nc2cc(-c3cc(F)cc(F)c3)[nH]n2)CCOCC1. The van der Waals surface area contributed by atoms with Gasteiger partial charge in [-0.3, -0.25) is 9.89 Å². The maximum absolute atomic E-state index is 13.3. The van der Waals surface area contributed by atoms with Crippen LogP contribution in [0.5, 0.6) is 0 Å². The number of carbonyl (C=O) groups excluding carboxylic acids is 1. The number of hydrogen-bond acceptors (Lipinski definition) is 4. The molecule has 1 amide bonds. The minimum atomic E-state index is -0.686. The Morgan fingerprint density at radius 2 is 1.88 bits per heavy atom. The first-order valence-electron chi connectivity index (χ1n) is 7.63. The molecule has 25 heavy (non-hydrogen) atoms. The fraction of sp³-hybridized carbons (Fsp3) is 0.375. The summed E-state index contributed by atoms with van der Waals surface area (Å²) in [6.45, 7) is 1.19. The Labute approximate surface area is 149 Å². The van der Waals surface area contributed by atoms with Crippen LogP contribution in [0.15, 0.2) is 24.3 Å². The summed E-state index contributed by atoms with van der Waals surface area (Å²) in [5, 5.41) is 9.36. The van der Waals surface area contributed by atoms with E-state index in [0.717, 1.165) is 6.07 Å². The van der Waals surface area contributed by atoms with Gasteiger partial charge in [0.25, 0.3) is 0 Å². The van der Waals surface area contributed by atoms with E-state index in [9.17, 15) is 13.6 Å². The third-order valence-corrected chi connectivity index (χ3v) is 4.32. The standard InChI is InChI=1S/C16H18F2N4O2.ClH/c17-11-5-10(6-12(18)7-11)13-8-14(22-21-13)20-15(23)16(9-19)1-3-24-4-2-16;/h5-8H,1-4,9,19H2,(H2,20,21,22,23);1H. The number of hydrogen-bond donors (Lipinski definition) is 3. The predicted molar refractivity (Wildman–Crippen MR) is 91.4 cm³/mol. The number of aromatic amines is 1. The molecule has 0 aliphatic carbocycles. The monoisotopic (exact) mass is 372 g/mol. The van der Waals surface area contributed by atoms with Gasteiger partial charge in [-0.1, -0.05) is 0 Å². The second kappa shape index (κ2) is 7.90. The molecule has 1 fully saturated rings. The zero-order valence-corrected chi connectivity index (χ0v) is 14.2. The highest BCUT2D eigenvalue weighted by molar-refractivity contribution is 5.95. The number of rotatable bonds is 4. The van der Waals surface area contributed by atoms with Gasteiger partial charge < -0.3 is 15.8 Å². The molecule has 6 nitrogen and oxygen atoms in total. The van der Waals surface area contributed by atoms with Crippen molar-refractivity contribution in [2.75, 3.05) is 25.1 Å². The predicted octanol–water partition coefficient (Wildman–Crippen LogP) is 2.47. The van der Waals surface area contributed by atoms with Crippen molar-refractivity contribution in [2.45, 2.75) is 12.8 Å². The van der Waals surface area contributed by atoms with Crippen LogP contribution in [0.1, 0.15) is 12.8 Å². The van der Waals surface area contributed by atoms with Gasteiger partial charge in [0.15, 0.2) is 5.82 Å². The maximum Gasteiger partial charge on any atom is 0.233 e. The van der Waals surface area contributed by atoms with E-state index >= 15 is 0 Å². The van der Waals surface area contributed by atoms with Crippen LogP contribution in [0.25, 0.3) is 11.3 Å². The van der Waals surface area contributed by atoms with Crippen molar-refractivity contribution in [3.8, 4) is 11.3 Å². The summed E-state index contributed by atoms with van der Waals surface area (Å²) in [7, 11) is 0. The van der Waals surface area contributed by atoms with Gasteiger partial charge in [-0.25, -0.2) is 8.78 Å². The van der Waals surface area contributed by atoms with E-state index in [2.05, 4.69) is 15.5 Å². The summed E-state index contributed by atoms with van der Waals surface area (Å²) in [6, 6.07) is 4.68. The summed E-state index contributed by atoms with van der Waals surface area (Å²) in [6.07, 6.45) is 1.09. The lowest BCUT2D eigenvalue weighted by molar-refractivity contribution is -0.130. The normalized spacial score (nSPS) is 16.1. The van der Waals surface area contributed by atoms with Crippen LogP contribution in [0, 0.1) is 17.0 Å². The molecule has 1 aromatic heterocycles. The molecule has 3 rings (SSSR count). The van der Waals surface area contributed by atoms with Crippen LogP contribution >= 0.6 is 12.4 Å². The number of benzene rings is 1. The highest BCUT2D eigenvalue weighted by Crippen LogP contribution is 2.31. The van der Waals surface area contributed by atoms with Gasteiger partial charge in [0.1, 0.15) is 11.6 Å². The van der Waals surface area contributed by atoms with Gasteiger partial charge >= 0.3 is 0 Å². The average Bonchev–Trinajstić information content (AvgIpc) is 3.03. The van der Waals surface area contributed by atoms with Crippen molar-refractivity contribution >= 4 is 24.1 Å². The highest BCUT2D eigenvalue weighted by atomic mass is 35.5. The van der Waals surface area contributed by atoms with E-state index in [-0.39, 0.29) is 30.7 Å². The van der Waals surface area contributed by atoms with Crippen LogP contribution < -0.4 is 11.1 Å². The van der Waals surface area contributed by atoms with E-state index in [1.807, 2.05) is 0 Å². The molecule has 136 valence electrons. The second-order valence-corrected chi connectivity index (χ2v) is 5.88. The molecule has 0 unspecified atom stereocenters. The maximum atomic E-state index is 13.3. The molecule has 0 atom stereocenters. The minimum absolute atomic E-state index is 0. The van der Waals surface area contributed by atoms with Crippen molar-refractivity contribution in [1.29, 1.82) is 0 Å². The zero-order valence-electron chi connectivity index (χ0n) is 13.4. The molecule has 4 N–H and O–H groups in total. The Bertz CT molecular complexity index is 727. The van der Waals surface area contributed by atoms with Crippen molar-refractivity contribution in [3.05, 3.63) is 35.9 Å². The van der Waals surface area contributed by atoms with Gasteiger partial charge in [-0.05, 0) is 25.0 Å². The quantitative estimate of drug-likeness (QED) is 0.768. The molecule has 1 saturated heterocycles. The summed E-state index contributed by atoms with van der Waals surface area (Å²) >= 11 is 0. The van der Waals surface area contributed by atoms with Crippen LogP contribution in [0.2, 0.25) is 0 Å². The number of nitrogens with two attached hydrogens (primary N) is 1. The first-order chi connectivity index (χ1) is 11.5. The molecule has 0 saturated carbocycles. The zero-order chi connectivity index (χ0) is 17.2. The molecule has 0 bridgehead atoms. The van der Waals surface area contributed by atoms with E-state index in [4.69, 9.17) is 10.5 Å². The lowest BCUT2D eigenvalue weighted by Gasteiger charge is -2.34. The van der Waals surface area contributed by atoms with Gasteiger partial charge in [0, 0.05) is 37.5 Å². The number of nitrogens with one attached hydrogen (secondary N) is 2. The van der Waals surface area contributed by atoms with Crippen LogP contribution in [0.4, 0.5) is 14.6 Å². The van der Waals surface area contributed by atoms with E-state index in [0.29, 0.717) is 37.3 Å². The van der Waals surface area contributed by atoms with Crippen molar-refractivity contribution in [1.82, 2.24) is 10.2 Å². The third kappa shape index (κ3) is 4.15. The summed E-state index contributed by atoms with van der Waals surface area (Å²) < 4.78 is 31.9. The smallest absolute Gasteiger partial charge is 0.233 e.